The maximum absolute atomic E-state index is 12.5. The summed E-state index contributed by atoms with van der Waals surface area (Å²) in [6.45, 7) is 0.757. The Morgan fingerprint density at radius 1 is 1.29 bits per heavy atom. The number of thiazole rings is 1. The van der Waals surface area contributed by atoms with Crippen molar-refractivity contribution in [2.24, 2.45) is 0 Å². The molecule has 9 heteroatoms. The molecule has 0 bridgehead atoms. The molecular weight excluding hydrogens is 325 g/mol. The monoisotopic (exact) mass is 336 g/mol. The Bertz CT molecular complexity index is 712. The van der Waals surface area contributed by atoms with Crippen molar-refractivity contribution in [1.82, 2.24) is 9.71 Å². The summed E-state index contributed by atoms with van der Waals surface area (Å²) in [6, 6.07) is 3.69. The van der Waals surface area contributed by atoms with Gasteiger partial charge < -0.3 is 0 Å². The van der Waals surface area contributed by atoms with Gasteiger partial charge in [-0.15, -0.1) is 11.3 Å². The van der Waals surface area contributed by atoms with Crippen LogP contribution >= 0.6 is 11.3 Å². The molecule has 21 heavy (non-hydrogen) atoms. The van der Waals surface area contributed by atoms with E-state index in [4.69, 9.17) is 0 Å². The first-order valence-electron chi connectivity index (χ1n) is 5.79. The smallest absolute Gasteiger partial charge is 0.252 e. The van der Waals surface area contributed by atoms with Gasteiger partial charge in [0.1, 0.15) is 6.04 Å². The van der Waals surface area contributed by atoms with E-state index in [9.17, 15) is 21.6 Å². The molecule has 114 valence electrons. The molecular formula is C12H11F3N2O2S2. The summed E-state index contributed by atoms with van der Waals surface area (Å²) in [7, 11) is -4.29. The number of halogens is 3. The molecule has 1 heterocycles. The largest absolute Gasteiger partial charge is 0.404 e. The maximum Gasteiger partial charge on any atom is 0.404 e. The van der Waals surface area contributed by atoms with Crippen molar-refractivity contribution in [3.63, 3.8) is 0 Å². The van der Waals surface area contributed by atoms with Gasteiger partial charge in [-0.3, -0.25) is 4.98 Å². The lowest BCUT2D eigenvalue weighted by Gasteiger charge is -2.18. The van der Waals surface area contributed by atoms with Crippen LogP contribution in [0.25, 0.3) is 10.4 Å². The second-order valence-electron chi connectivity index (χ2n) is 4.25. The van der Waals surface area contributed by atoms with Crippen molar-refractivity contribution in [1.29, 1.82) is 0 Å². The predicted octanol–water partition coefficient (Wildman–Crippen LogP) is 3.04. The number of rotatable bonds is 4. The number of alkyl halides is 3. The van der Waals surface area contributed by atoms with Crippen LogP contribution in [-0.2, 0) is 10.0 Å². The highest BCUT2D eigenvalue weighted by atomic mass is 32.2. The summed E-state index contributed by atoms with van der Waals surface area (Å²) in [5, 5.41) is 0. The van der Waals surface area contributed by atoms with Gasteiger partial charge in [-0.05, 0) is 13.0 Å². The minimum Gasteiger partial charge on any atom is -0.252 e. The summed E-state index contributed by atoms with van der Waals surface area (Å²) >= 11 is 1.21. The molecule has 4 nitrogen and oxygen atoms in total. The average molecular weight is 336 g/mol. The fraction of sp³-hybridized carbons (Fsp3) is 0.250. The number of nitrogens with zero attached hydrogens (tertiary/aromatic N) is 1. The summed E-state index contributed by atoms with van der Waals surface area (Å²) < 4.78 is 63.6. The van der Waals surface area contributed by atoms with Gasteiger partial charge in [-0.2, -0.15) is 17.9 Å². The number of sulfonamides is 1. The number of nitrogens with one attached hydrogen (secondary N) is 1. The Morgan fingerprint density at radius 2 is 1.95 bits per heavy atom. The van der Waals surface area contributed by atoms with E-state index in [1.54, 1.807) is 10.8 Å². The van der Waals surface area contributed by atoms with Gasteiger partial charge in [0.05, 0.1) is 15.3 Å². The number of hydrogen-bond donors (Lipinski definition) is 1. The summed E-state index contributed by atoms with van der Waals surface area (Å²) in [5.41, 5.74) is 1.84. The lowest BCUT2D eigenvalue weighted by molar-refractivity contribution is -0.147. The fourth-order valence-electron chi connectivity index (χ4n) is 1.62. The van der Waals surface area contributed by atoms with Crippen LogP contribution in [0.1, 0.15) is 6.92 Å². The predicted molar refractivity (Wildman–Crippen MR) is 73.4 cm³/mol. The molecule has 0 saturated heterocycles. The first-order valence-corrected chi connectivity index (χ1v) is 8.15. The second-order valence-corrected chi connectivity index (χ2v) is 6.82. The van der Waals surface area contributed by atoms with Crippen LogP contribution in [0.2, 0.25) is 0 Å². The molecule has 2 rings (SSSR count). The van der Waals surface area contributed by atoms with Gasteiger partial charge in [0.25, 0.3) is 0 Å². The van der Waals surface area contributed by atoms with E-state index < -0.39 is 22.2 Å². The highest BCUT2D eigenvalue weighted by Crippen LogP contribution is 2.30. The molecule has 2 aromatic rings. The summed E-state index contributed by atoms with van der Waals surface area (Å²) in [6.07, 6.45) is -3.18. The van der Waals surface area contributed by atoms with Crippen LogP contribution in [0.3, 0.4) is 0 Å². The third-order valence-electron chi connectivity index (χ3n) is 2.70. The molecule has 0 amide bonds. The van der Waals surface area contributed by atoms with Crippen LogP contribution in [-0.4, -0.2) is 25.6 Å². The van der Waals surface area contributed by atoms with E-state index in [0.29, 0.717) is 10.4 Å². The molecule has 1 atom stereocenters. The molecule has 1 N–H and O–H groups in total. The van der Waals surface area contributed by atoms with Gasteiger partial charge in [-0.25, -0.2) is 8.42 Å². The minimum atomic E-state index is -4.65. The zero-order chi connectivity index (χ0) is 15.7. The van der Waals surface area contributed by atoms with E-state index in [1.807, 2.05) is 0 Å². The van der Waals surface area contributed by atoms with E-state index >= 15 is 0 Å². The fourth-order valence-corrected chi connectivity index (χ4v) is 3.79. The standard InChI is InChI=1S/C12H11F3N2O2S2/c1-8(12(13,14)15)17-21(18,19)11-5-3-2-4-9(11)10-6-16-7-20-10/h2-8,17H,1H3. The van der Waals surface area contributed by atoms with Gasteiger partial charge >= 0.3 is 6.18 Å². The molecule has 0 aliphatic heterocycles. The van der Waals surface area contributed by atoms with Crippen LogP contribution in [0.5, 0.6) is 0 Å². The second kappa shape index (κ2) is 5.74. The number of benzene rings is 1. The Kier molecular flexibility index (Phi) is 4.35. The molecule has 0 radical (unpaired) electrons. The quantitative estimate of drug-likeness (QED) is 0.934. The lowest BCUT2D eigenvalue weighted by atomic mass is 10.2. The summed E-state index contributed by atoms with van der Waals surface area (Å²) in [4.78, 5) is 4.21. The molecule has 0 spiro atoms. The van der Waals surface area contributed by atoms with Crippen LogP contribution in [0, 0.1) is 0 Å². The summed E-state index contributed by atoms with van der Waals surface area (Å²) in [5.74, 6) is 0. The van der Waals surface area contributed by atoms with Crippen LogP contribution in [0.15, 0.2) is 40.9 Å². The minimum absolute atomic E-state index is 0.203. The third kappa shape index (κ3) is 3.60. The van der Waals surface area contributed by atoms with Crippen molar-refractivity contribution in [3.05, 3.63) is 36.0 Å². The zero-order valence-corrected chi connectivity index (χ0v) is 12.4. The van der Waals surface area contributed by atoms with Gasteiger partial charge in [0.15, 0.2) is 0 Å². The average Bonchev–Trinajstić information content (AvgIpc) is 2.91. The SMILES string of the molecule is CC(NS(=O)(=O)c1ccccc1-c1cncs1)C(F)(F)F. The Morgan fingerprint density at radius 3 is 2.52 bits per heavy atom. The normalized spacial score (nSPS) is 14.1. The first kappa shape index (κ1) is 15.9. The molecule has 1 aromatic carbocycles. The van der Waals surface area contributed by atoms with Crippen molar-refractivity contribution in [2.75, 3.05) is 0 Å². The highest BCUT2D eigenvalue weighted by molar-refractivity contribution is 7.89. The molecule has 1 aromatic heterocycles. The van der Waals surface area contributed by atoms with Gasteiger partial charge in [0.2, 0.25) is 10.0 Å². The van der Waals surface area contributed by atoms with Crippen LogP contribution < -0.4 is 4.72 Å². The van der Waals surface area contributed by atoms with Gasteiger partial charge in [0, 0.05) is 11.8 Å². The molecule has 1 unspecified atom stereocenters. The molecule has 0 aliphatic carbocycles. The topological polar surface area (TPSA) is 59.1 Å². The molecule has 0 aliphatic rings. The highest BCUT2D eigenvalue weighted by Gasteiger charge is 2.39. The Hall–Kier alpha value is -1.45. The zero-order valence-electron chi connectivity index (χ0n) is 10.8. The van der Waals surface area contributed by atoms with Crippen molar-refractivity contribution >= 4 is 21.4 Å². The lowest BCUT2D eigenvalue weighted by Crippen LogP contribution is -2.43. The first-order chi connectivity index (χ1) is 9.72. The van der Waals surface area contributed by atoms with E-state index in [2.05, 4.69) is 4.98 Å². The van der Waals surface area contributed by atoms with Crippen LogP contribution in [0.4, 0.5) is 13.2 Å². The third-order valence-corrected chi connectivity index (χ3v) is 5.10. The van der Waals surface area contributed by atoms with E-state index in [1.165, 1.54) is 41.2 Å². The van der Waals surface area contributed by atoms with Crippen molar-refractivity contribution in [2.45, 2.75) is 24.0 Å². The van der Waals surface area contributed by atoms with E-state index in [-0.39, 0.29) is 4.90 Å². The Labute approximate surface area is 123 Å². The maximum atomic E-state index is 12.5. The number of hydrogen-bond acceptors (Lipinski definition) is 4. The van der Waals surface area contributed by atoms with E-state index in [0.717, 1.165) is 6.92 Å². The Balaban J connectivity index is 2.42. The molecule has 0 saturated carbocycles. The van der Waals surface area contributed by atoms with Crippen molar-refractivity contribution < 1.29 is 21.6 Å². The number of aromatic nitrogens is 1. The molecule has 0 fully saturated rings. The van der Waals surface area contributed by atoms with Crippen molar-refractivity contribution in [3.8, 4) is 10.4 Å². The van der Waals surface area contributed by atoms with Gasteiger partial charge in [-0.1, -0.05) is 18.2 Å².